The number of likely N-dealkylation sites (N-methyl/N-ethyl adjacent to an activating group) is 1. The summed E-state index contributed by atoms with van der Waals surface area (Å²) in [7, 11) is 0. The highest BCUT2D eigenvalue weighted by Crippen LogP contribution is 2.32. The molecule has 6 nitrogen and oxygen atoms in total. The van der Waals surface area contributed by atoms with Gasteiger partial charge < -0.3 is 14.4 Å². The van der Waals surface area contributed by atoms with Crippen molar-refractivity contribution in [3.05, 3.63) is 65.1 Å². The lowest BCUT2D eigenvalue weighted by Gasteiger charge is -2.19. The fourth-order valence-corrected chi connectivity index (χ4v) is 3.24. The van der Waals surface area contributed by atoms with Crippen LogP contribution < -0.4 is 9.47 Å². The Morgan fingerprint density at radius 3 is 3.00 bits per heavy atom. The van der Waals surface area contributed by atoms with Crippen LogP contribution in [0.3, 0.4) is 0 Å². The van der Waals surface area contributed by atoms with Crippen molar-refractivity contribution in [2.24, 2.45) is 0 Å². The van der Waals surface area contributed by atoms with E-state index < -0.39 is 0 Å². The summed E-state index contributed by atoms with van der Waals surface area (Å²) in [6.45, 7) is 3.24. The van der Waals surface area contributed by atoms with E-state index in [0.717, 1.165) is 17.0 Å². The van der Waals surface area contributed by atoms with Gasteiger partial charge in [-0.25, -0.2) is 4.98 Å². The second-order valence-electron chi connectivity index (χ2n) is 6.09. The number of fused-ring (bicyclic) bond motifs is 2. The minimum atomic E-state index is -0.0999. The topological polar surface area (TPSA) is 56.1 Å². The summed E-state index contributed by atoms with van der Waals surface area (Å²) in [5.41, 5.74) is 2.40. The van der Waals surface area contributed by atoms with Crippen molar-refractivity contribution in [2.75, 3.05) is 13.3 Å². The number of imidazole rings is 1. The highest BCUT2D eigenvalue weighted by molar-refractivity contribution is 6.31. The minimum absolute atomic E-state index is 0.0999. The molecule has 1 aliphatic rings. The summed E-state index contributed by atoms with van der Waals surface area (Å²) in [5, 5.41) is 0.365. The van der Waals surface area contributed by atoms with Gasteiger partial charge in [0.25, 0.3) is 0 Å². The van der Waals surface area contributed by atoms with Crippen LogP contribution in [0.25, 0.3) is 11.7 Å². The van der Waals surface area contributed by atoms with Gasteiger partial charge in [0.1, 0.15) is 5.65 Å². The number of halogens is 1. The number of nitrogens with zero attached hydrogens (tertiary/aromatic N) is 3. The van der Waals surface area contributed by atoms with Crippen LogP contribution in [-0.2, 0) is 11.3 Å². The molecule has 0 fully saturated rings. The first-order chi connectivity index (χ1) is 13.2. The first-order valence-electron chi connectivity index (χ1n) is 8.64. The quantitative estimate of drug-likeness (QED) is 0.629. The van der Waals surface area contributed by atoms with E-state index in [-0.39, 0.29) is 12.7 Å². The van der Waals surface area contributed by atoms with Crippen molar-refractivity contribution in [1.29, 1.82) is 0 Å². The van der Waals surface area contributed by atoms with Gasteiger partial charge in [-0.1, -0.05) is 23.7 Å². The third-order valence-corrected chi connectivity index (χ3v) is 4.69. The Hall–Kier alpha value is -2.99. The molecule has 7 heteroatoms. The van der Waals surface area contributed by atoms with E-state index in [4.69, 9.17) is 21.1 Å². The molecular weight excluding hydrogens is 366 g/mol. The molecular formula is C20H18ClN3O3. The van der Waals surface area contributed by atoms with E-state index in [0.29, 0.717) is 29.7 Å². The van der Waals surface area contributed by atoms with E-state index in [1.54, 1.807) is 11.0 Å². The molecule has 138 valence electrons. The number of rotatable bonds is 5. The van der Waals surface area contributed by atoms with Gasteiger partial charge in [-0.15, -0.1) is 0 Å². The predicted octanol–water partition coefficient (Wildman–Crippen LogP) is 3.78. The van der Waals surface area contributed by atoms with Crippen molar-refractivity contribution in [2.45, 2.75) is 13.5 Å². The Bertz CT molecular complexity index is 1030. The number of hydrogen-bond acceptors (Lipinski definition) is 4. The molecule has 27 heavy (non-hydrogen) atoms. The Balaban J connectivity index is 1.51. The first-order valence-corrected chi connectivity index (χ1v) is 9.01. The number of hydrogen-bond donors (Lipinski definition) is 0. The van der Waals surface area contributed by atoms with Crippen molar-refractivity contribution < 1.29 is 14.3 Å². The first kappa shape index (κ1) is 17.4. The molecule has 3 heterocycles. The monoisotopic (exact) mass is 383 g/mol. The van der Waals surface area contributed by atoms with Gasteiger partial charge in [0.05, 0.1) is 5.69 Å². The summed E-state index contributed by atoms with van der Waals surface area (Å²) >= 11 is 6.21. The molecule has 1 amide bonds. The molecule has 2 aromatic heterocycles. The third-order valence-electron chi connectivity index (χ3n) is 4.41. The SMILES string of the molecule is CCN(Cc1ccc2c(c1)OCO2)C(=O)/C=C\c1c(Cl)nc2ccccn12. The van der Waals surface area contributed by atoms with E-state index in [2.05, 4.69) is 4.98 Å². The summed E-state index contributed by atoms with van der Waals surface area (Å²) in [6.07, 6.45) is 5.09. The Kier molecular flexibility index (Phi) is 4.73. The molecule has 0 aliphatic carbocycles. The lowest BCUT2D eigenvalue weighted by atomic mass is 10.2. The van der Waals surface area contributed by atoms with Crippen molar-refractivity contribution in [3.8, 4) is 11.5 Å². The number of benzene rings is 1. The van der Waals surface area contributed by atoms with Gasteiger partial charge >= 0.3 is 0 Å². The second-order valence-corrected chi connectivity index (χ2v) is 6.45. The Morgan fingerprint density at radius 2 is 2.15 bits per heavy atom. The average molecular weight is 384 g/mol. The maximum atomic E-state index is 12.7. The third kappa shape index (κ3) is 3.48. The van der Waals surface area contributed by atoms with E-state index in [1.807, 2.05) is 53.9 Å². The maximum Gasteiger partial charge on any atom is 0.246 e. The number of amides is 1. The van der Waals surface area contributed by atoms with E-state index >= 15 is 0 Å². The largest absolute Gasteiger partial charge is 0.454 e. The smallest absolute Gasteiger partial charge is 0.246 e. The molecule has 0 radical (unpaired) electrons. The maximum absolute atomic E-state index is 12.7. The van der Waals surface area contributed by atoms with Crippen LogP contribution in [0.4, 0.5) is 0 Å². The molecule has 0 N–H and O–H groups in total. The Morgan fingerprint density at radius 1 is 1.30 bits per heavy atom. The van der Waals surface area contributed by atoms with Crippen LogP contribution >= 0.6 is 11.6 Å². The molecule has 4 rings (SSSR count). The fraction of sp³-hybridized carbons (Fsp3) is 0.200. The van der Waals surface area contributed by atoms with Crippen LogP contribution in [0.2, 0.25) is 5.15 Å². The van der Waals surface area contributed by atoms with Crippen LogP contribution in [0.1, 0.15) is 18.2 Å². The van der Waals surface area contributed by atoms with Crippen LogP contribution in [0, 0.1) is 0 Å². The van der Waals surface area contributed by atoms with E-state index in [1.165, 1.54) is 6.08 Å². The summed E-state index contributed by atoms with van der Waals surface area (Å²) in [5.74, 6) is 1.34. The zero-order valence-electron chi connectivity index (χ0n) is 14.8. The summed E-state index contributed by atoms with van der Waals surface area (Å²) < 4.78 is 12.6. The zero-order valence-corrected chi connectivity index (χ0v) is 15.5. The van der Waals surface area contributed by atoms with Gasteiger partial charge in [0.15, 0.2) is 16.7 Å². The number of carbonyl (C=O) groups is 1. The molecule has 0 atom stereocenters. The molecule has 0 spiro atoms. The van der Waals surface area contributed by atoms with Crippen molar-refractivity contribution >= 4 is 29.2 Å². The number of aromatic nitrogens is 2. The molecule has 1 aliphatic heterocycles. The summed E-state index contributed by atoms with van der Waals surface area (Å²) in [6, 6.07) is 11.4. The van der Waals surface area contributed by atoms with Crippen LogP contribution in [0.5, 0.6) is 11.5 Å². The van der Waals surface area contributed by atoms with Gasteiger partial charge in [0, 0.05) is 25.4 Å². The Labute approximate surface area is 161 Å². The van der Waals surface area contributed by atoms with E-state index in [9.17, 15) is 4.79 Å². The molecule has 0 saturated carbocycles. The van der Waals surface area contributed by atoms with Gasteiger partial charge in [-0.05, 0) is 42.8 Å². The minimum Gasteiger partial charge on any atom is -0.454 e. The van der Waals surface area contributed by atoms with Gasteiger partial charge in [-0.3, -0.25) is 9.20 Å². The highest BCUT2D eigenvalue weighted by atomic mass is 35.5. The van der Waals surface area contributed by atoms with Gasteiger partial charge in [-0.2, -0.15) is 0 Å². The highest BCUT2D eigenvalue weighted by Gasteiger charge is 2.16. The standard InChI is InChI=1S/C20H18ClN3O3/c1-2-23(12-14-6-8-16-17(11-14)27-13-26-16)19(25)9-7-15-20(21)22-18-5-3-4-10-24(15)18/h3-11H,2,12-13H2,1H3/b9-7-. The molecule has 3 aromatic rings. The van der Waals surface area contributed by atoms with Crippen LogP contribution in [0.15, 0.2) is 48.7 Å². The predicted molar refractivity (Wildman–Crippen MR) is 103 cm³/mol. The lowest BCUT2D eigenvalue weighted by molar-refractivity contribution is -0.126. The van der Waals surface area contributed by atoms with Gasteiger partial charge in [0.2, 0.25) is 12.7 Å². The second kappa shape index (κ2) is 7.32. The van der Waals surface area contributed by atoms with Crippen molar-refractivity contribution in [1.82, 2.24) is 14.3 Å². The number of carbonyl (C=O) groups excluding carboxylic acids is 1. The summed E-state index contributed by atoms with van der Waals surface area (Å²) in [4.78, 5) is 18.7. The lowest BCUT2D eigenvalue weighted by Crippen LogP contribution is -2.28. The zero-order chi connectivity index (χ0) is 18.8. The number of ether oxygens (including phenoxy) is 2. The molecule has 0 unspecified atom stereocenters. The fourth-order valence-electron chi connectivity index (χ4n) is 3.00. The average Bonchev–Trinajstić information content (AvgIpc) is 3.27. The normalized spacial score (nSPS) is 12.8. The molecule has 0 saturated heterocycles. The van der Waals surface area contributed by atoms with Crippen LogP contribution in [-0.4, -0.2) is 33.5 Å². The number of pyridine rings is 1. The van der Waals surface area contributed by atoms with Crippen molar-refractivity contribution in [3.63, 3.8) is 0 Å². The molecule has 0 bridgehead atoms. The molecule has 1 aromatic carbocycles.